The molecule has 0 bridgehead atoms. The predicted molar refractivity (Wildman–Crippen MR) is 97.0 cm³/mol. The van der Waals surface area contributed by atoms with Gasteiger partial charge in [0.05, 0.1) is 11.5 Å². The van der Waals surface area contributed by atoms with E-state index in [0.717, 1.165) is 43.4 Å². The number of hydrogen-bond acceptors (Lipinski definition) is 2. The van der Waals surface area contributed by atoms with Gasteiger partial charge >= 0.3 is 0 Å². The highest BCUT2D eigenvalue weighted by molar-refractivity contribution is 6.30. The van der Waals surface area contributed by atoms with Crippen molar-refractivity contribution in [1.82, 2.24) is 5.32 Å². The Morgan fingerprint density at radius 3 is 2.62 bits per heavy atom. The lowest BCUT2D eigenvalue weighted by Gasteiger charge is -2.28. The van der Waals surface area contributed by atoms with Crippen LogP contribution >= 0.6 is 11.6 Å². The Hall–Kier alpha value is -2.00. The second-order valence-corrected chi connectivity index (χ2v) is 7.40. The van der Waals surface area contributed by atoms with Gasteiger partial charge in [0, 0.05) is 10.7 Å². The van der Waals surface area contributed by atoms with E-state index in [9.17, 15) is 4.79 Å². The van der Waals surface area contributed by atoms with Gasteiger partial charge in [0.2, 0.25) is 5.91 Å². The molecule has 0 aliphatic heterocycles. The lowest BCUT2D eigenvalue weighted by atomic mass is 9.86. The zero-order valence-electron chi connectivity index (χ0n) is 13.5. The smallest absolute Gasteiger partial charge is 0.231 e. The Bertz CT molecular complexity index is 781. The number of nitrogen functional groups attached to an aromatic ring is 1. The quantitative estimate of drug-likeness (QED) is 0.825. The summed E-state index contributed by atoms with van der Waals surface area (Å²) in [7, 11) is 0. The topological polar surface area (TPSA) is 55.1 Å². The van der Waals surface area contributed by atoms with E-state index in [2.05, 4.69) is 11.4 Å². The molecule has 124 valence electrons. The molecule has 3 nitrogen and oxygen atoms in total. The van der Waals surface area contributed by atoms with E-state index >= 15 is 0 Å². The van der Waals surface area contributed by atoms with Crippen LogP contribution in [0.4, 0.5) is 5.69 Å². The van der Waals surface area contributed by atoms with Gasteiger partial charge in [-0.3, -0.25) is 4.79 Å². The third-order valence-corrected chi connectivity index (χ3v) is 5.62. The number of hydrogen-bond donors (Lipinski definition) is 2. The highest BCUT2D eigenvalue weighted by atomic mass is 35.5. The zero-order valence-corrected chi connectivity index (χ0v) is 14.3. The third kappa shape index (κ3) is 2.67. The van der Waals surface area contributed by atoms with Gasteiger partial charge in [-0.25, -0.2) is 0 Å². The third-order valence-electron chi connectivity index (χ3n) is 5.37. The molecule has 0 heterocycles. The average Bonchev–Trinajstić information content (AvgIpc) is 3.37. The molecule has 0 radical (unpaired) electrons. The van der Waals surface area contributed by atoms with E-state index in [4.69, 9.17) is 17.3 Å². The number of fused-ring (bicyclic) bond motifs is 1. The van der Waals surface area contributed by atoms with Crippen molar-refractivity contribution in [3.63, 3.8) is 0 Å². The van der Waals surface area contributed by atoms with Crippen LogP contribution in [0.5, 0.6) is 0 Å². The van der Waals surface area contributed by atoms with Gasteiger partial charge in [0.15, 0.2) is 0 Å². The standard InChI is InChI=1S/C20H21ClN2O/c21-15-6-4-14(5-7-15)20(10-11-20)19(24)23-18-3-1-2-13-12-16(22)8-9-17(13)18/h4-9,12,18H,1-3,10-11,22H2,(H,23,24). The number of carbonyl (C=O) groups is 1. The molecule has 0 aromatic heterocycles. The highest BCUT2D eigenvalue weighted by Gasteiger charge is 2.51. The Morgan fingerprint density at radius 1 is 1.17 bits per heavy atom. The SMILES string of the molecule is Nc1ccc2c(c1)CCCC2NC(=O)C1(c2ccc(Cl)cc2)CC1. The molecular formula is C20H21ClN2O. The first-order chi connectivity index (χ1) is 11.6. The summed E-state index contributed by atoms with van der Waals surface area (Å²) < 4.78 is 0. The highest BCUT2D eigenvalue weighted by Crippen LogP contribution is 2.49. The summed E-state index contributed by atoms with van der Waals surface area (Å²) in [6, 6.07) is 13.8. The summed E-state index contributed by atoms with van der Waals surface area (Å²) in [5.41, 5.74) is 9.88. The normalized spacial score (nSPS) is 21.0. The van der Waals surface area contributed by atoms with Crippen molar-refractivity contribution in [3.05, 3.63) is 64.2 Å². The van der Waals surface area contributed by atoms with Gasteiger partial charge in [0.25, 0.3) is 0 Å². The van der Waals surface area contributed by atoms with E-state index in [-0.39, 0.29) is 17.4 Å². The van der Waals surface area contributed by atoms with Gasteiger partial charge in [-0.1, -0.05) is 29.8 Å². The maximum absolute atomic E-state index is 13.0. The summed E-state index contributed by atoms with van der Waals surface area (Å²) in [6.45, 7) is 0. The molecule has 0 spiro atoms. The minimum absolute atomic E-state index is 0.0895. The van der Waals surface area contributed by atoms with Gasteiger partial charge < -0.3 is 11.1 Å². The maximum Gasteiger partial charge on any atom is 0.231 e. The summed E-state index contributed by atoms with van der Waals surface area (Å²) in [6.07, 6.45) is 4.91. The molecule has 1 saturated carbocycles. The number of nitrogens with two attached hydrogens (primary N) is 1. The largest absolute Gasteiger partial charge is 0.399 e. The first-order valence-electron chi connectivity index (χ1n) is 8.54. The zero-order chi connectivity index (χ0) is 16.7. The Labute approximate surface area is 147 Å². The van der Waals surface area contributed by atoms with Crippen LogP contribution < -0.4 is 11.1 Å². The van der Waals surface area contributed by atoms with Crippen LogP contribution in [0, 0.1) is 0 Å². The number of aryl methyl sites for hydroxylation is 1. The first kappa shape index (κ1) is 15.5. The lowest BCUT2D eigenvalue weighted by Crippen LogP contribution is -2.38. The van der Waals surface area contributed by atoms with Crippen molar-refractivity contribution in [2.24, 2.45) is 0 Å². The minimum Gasteiger partial charge on any atom is -0.399 e. The number of carbonyl (C=O) groups excluding carboxylic acids is 1. The molecule has 1 amide bonds. The number of rotatable bonds is 3. The van der Waals surface area contributed by atoms with Crippen LogP contribution in [0.15, 0.2) is 42.5 Å². The minimum atomic E-state index is -0.365. The second kappa shape index (κ2) is 5.82. The van der Waals surface area contributed by atoms with Crippen LogP contribution in [0.1, 0.15) is 48.4 Å². The van der Waals surface area contributed by atoms with Crippen LogP contribution in [-0.4, -0.2) is 5.91 Å². The Kier molecular flexibility index (Phi) is 3.76. The number of amides is 1. The molecule has 1 unspecified atom stereocenters. The Morgan fingerprint density at radius 2 is 1.92 bits per heavy atom. The van der Waals surface area contributed by atoms with E-state index in [1.807, 2.05) is 36.4 Å². The number of anilines is 1. The van der Waals surface area contributed by atoms with Crippen molar-refractivity contribution >= 4 is 23.2 Å². The number of benzene rings is 2. The van der Waals surface area contributed by atoms with E-state index < -0.39 is 0 Å². The molecule has 4 heteroatoms. The lowest BCUT2D eigenvalue weighted by molar-refractivity contribution is -0.124. The fraction of sp³-hybridized carbons (Fsp3) is 0.350. The number of nitrogens with one attached hydrogen (secondary N) is 1. The number of halogens is 1. The monoisotopic (exact) mass is 340 g/mol. The van der Waals surface area contributed by atoms with Crippen LogP contribution in [-0.2, 0) is 16.6 Å². The predicted octanol–water partition coefficient (Wildman–Crippen LogP) is 4.15. The van der Waals surface area contributed by atoms with E-state index in [0.29, 0.717) is 5.02 Å². The summed E-state index contributed by atoms with van der Waals surface area (Å²) in [4.78, 5) is 13.0. The van der Waals surface area contributed by atoms with Crippen molar-refractivity contribution < 1.29 is 4.79 Å². The summed E-state index contributed by atoms with van der Waals surface area (Å²) in [5.74, 6) is 0.138. The summed E-state index contributed by atoms with van der Waals surface area (Å²) in [5, 5.41) is 4.00. The van der Waals surface area contributed by atoms with Crippen LogP contribution in [0.2, 0.25) is 5.02 Å². The first-order valence-corrected chi connectivity index (χ1v) is 8.92. The Balaban J connectivity index is 1.56. The second-order valence-electron chi connectivity index (χ2n) is 6.97. The van der Waals surface area contributed by atoms with E-state index in [1.165, 1.54) is 11.1 Å². The van der Waals surface area contributed by atoms with E-state index in [1.54, 1.807) is 0 Å². The molecule has 2 aliphatic carbocycles. The van der Waals surface area contributed by atoms with Crippen molar-refractivity contribution in [3.8, 4) is 0 Å². The molecule has 3 N–H and O–H groups in total. The molecule has 24 heavy (non-hydrogen) atoms. The molecule has 1 atom stereocenters. The fourth-order valence-electron chi connectivity index (χ4n) is 3.82. The van der Waals surface area contributed by atoms with Gasteiger partial charge in [-0.15, -0.1) is 0 Å². The molecule has 2 aliphatic rings. The van der Waals surface area contributed by atoms with Gasteiger partial charge in [-0.2, -0.15) is 0 Å². The molecule has 0 saturated heterocycles. The fourth-order valence-corrected chi connectivity index (χ4v) is 3.95. The van der Waals surface area contributed by atoms with Crippen LogP contribution in [0.3, 0.4) is 0 Å². The van der Waals surface area contributed by atoms with Crippen LogP contribution in [0.25, 0.3) is 0 Å². The maximum atomic E-state index is 13.0. The van der Waals surface area contributed by atoms with Crippen molar-refractivity contribution in [1.29, 1.82) is 0 Å². The molecule has 1 fully saturated rings. The van der Waals surface area contributed by atoms with Gasteiger partial charge in [-0.05, 0) is 73.1 Å². The molecule has 2 aromatic carbocycles. The van der Waals surface area contributed by atoms with Gasteiger partial charge in [0.1, 0.15) is 0 Å². The summed E-state index contributed by atoms with van der Waals surface area (Å²) >= 11 is 5.98. The molecule has 4 rings (SSSR count). The van der Waals surface area contributed by atoms with Crippen molar-refractivity contribution in [2.75, 3.05) is 5.73 Å². The average molecular weight is 341 g/mol. The molecular weight excluding hydrogens is 320 g/mol. The van der Waals surface area contributed by atoms with Crippen molar-refractivity contribution in [2.45, 2.75) is 43.6 Å². The molecule has 2 aromatic rings.